The Morgan fingerprint density at radius 1 is 1.06 bits per heavy atom. The SMILES string of the molecule is CC.CO.Cn1c(=O)n(C2CCC(=O)NC2=O)c2ccc(C#CCCCCCCCC=O)cc21. The molecule has 1 aromatic heterocycles. The van der Waals surface area contributed by atoms with Crippen LogP contribution in [0.25, 0.3) is 11.0 Å². The maximum Gasteiger partial charge on any atom is 0.329 e. The van der Waals surface area contributed by atoms with Crippen molar-refractivity contribution in [3.63, 3.8) is 0 Å². The molecule has 1 saturated heterocycles. The number of carbonyl (C=O) groups is 3. The van der Waals surface area contributed by atoms with Crippen LogP contribution in [0.15, 0.2) is 23.0 Å². The molecule has 1 aliphatic rings. The molecular weight excluding hydrogens is 434 g/mol. The van der Waals surface area contributed by atoms with Gasteiger partial charge in [0.2, 0.25) is 11.8 Å². The quantitative estimate of drug-likeness (QED) is 0.266. The molecule has 2 amide bonds. The Labute approximate surface area is 201 Å². The number of rotatable bonds is 8. The number of unbranched alkanes of at least 4 members (excludes halogenated alkanes) is 6. The number of imidazole rings is 1. The Morgan fingerprint density at radius 2 is 1.74 bits per heavy atom. The number of piperidine rings is 1. The van der Waals surface area contributed by atoms with Gasteiger partial charge >= 0.3 is 5.69 Å². The number of aldehydes is 1. The number of hydrogen-bond donors (Lipinski definition) is 2. The van der Waals surface area contributed by atoms with E-state index >= 15 is 0 Å². The minimum Gasteiger partial charge on any atom is -0.400 e. The molecule has 3 rings (SSSR count). The standard InChI is InChI=1S/C23H27N3O4.C2H6.CH4O/c1-25-20-16-17(10-8-6-4-2-3-5-7-9-15-27)11-12-18(20)26(23(25)30)19-13-14-21(28)24-22(19)29;2*1-2/h11-12,15-16,19H,2-7,9,13-14H2,1H3,(H,24,28,29);1-2H3;2H,1H3. The maximum atomic E-state index is 12.8. The lowest BCUT2D eigenvalue weighted by molar-refractivity contribution is -0.135. The second-order valence-electron chi connectivity index (χ2n) is 7.66. The van der Waals surface area contributed by atoms with E-state index in [1.165, 1.54) is 9.13 Å². The van der Waals surface area contributed by atoms with Crippen LogP contribution in [-0.4, -0.2) is 39.5 Å². The number of imide groups is 1. The number of aryl methyl sites for hydroxylation is 1. The van der Waals surface area contributed by atoms with Gasteiger partial charge in [0, 0.05) is 39.0 Å². The van der Waals surface area contributed by atoms with Crippen LogP contribution in [0.3, 0.4) is 0 Å². The normalized spacial score (nSPS) is 14.7. The van der Waals surface area contributed by atoms with E-state index in [1.807, 2.05) is 32.0 Å². The molecule has 1 fully saturated rings. The number of aromatic nitrogens is 2. The molecule has 34 heavy (non-hydrogen) atoms. The van der Waals surface area contributed by atoms with Gasteiger partial charge in [0.05, 0.1) is 11.0 Å². The van der Waals surface area contributed by atoms with E-state index in [0.717, 1.165) is 57.5 Å². The molecule has 0 aliphatic carbocycles. The van der Waals surface area contributed by atoms with Gasteiger partial charge in [-0.15, -0.1) is 0 Å². The molecule has 2 heterocycles. The molecule has 1 unspecified atom stereocenters. The zero-order chi connectivity index (χ0) is 25.5. The van der Waals surface area contributed by atoms with Gasteiger partial charge < -0.3 is 9.90 Å². The third-order valence-corrected chi connectivity index (χ3v) is 5.47. The number of nitrogens with zero attached hydrogens (tertiary/aromatic N) is 2. The van der Waals surface area contributed by atoms with Gasteiger partial charge in [0.25, 0.3) is 0 Å². The van der Waals surface area contributed by atoms with Crippen LogP contribution in [0.4, 0.5) is 0 Å². The average molecular weight is 472 g/mol. The molecular formula is C26H37N3O5. The maximum absolute atomic E-state index is 12.8. The van der Waals surface area contributed by atoms with E-state index in [9.17, 15) is 19.2 Å². The number of hydrogen-bond acceptors (Lipinski definition) is 5. The third-order valence-electron chi connectivity index (χ3n) is 5.47. The molecule has 1 atom stereocenters. The summed E-state index contributed by atoms with van der Waals surface area (Å²) in [5.74, 6) is 5.60. The lowest BCUT2D eigenvalue weighted by atomic mass is 10.1. The van der Waals surface area contributed by atoms with Crippen molar-refractivity contribution in [2.45, 2.75) is 77.7 Å². The number of aliphatic hydroxyl groups is 1. The van der Waals surface area contributed by atoms with Gasteiger partial charge in [0.1, 0.15) is 12.3 Å². The minimum absolute atomic E-state index is 0.222. The summed E-state index contributed by atoms with van der Waals surface area (Å²) in [6.45, 7) is 4.00. The highest BCUT2D eigenvalue weighted by atomic mass is 16.2. The fourth-order valence-corrected chi connectivity index (χ4v) is 3.81. The van der Waals surface area contributed by atoms with Gasteiger partial charge in [0.15, 0.2) is 0 Å². The second-order valence-corrected chi connectivity index (χ2v) is 7.66. The molecule has 2 N–H and O–H groups in total. The summed E-state index contributed by atoms with van der Waals surface area (Å²) in [6, 6.07) is 4.86. The topological polar surface area (TPSA) is 110 Å². The summed E-state index contributed by atoms with van der Waals surface area (Å²) in [7, 11) is 2.68. The first-order valence-corrected chi connectivity index (χ1v) is 11.9. The van der Waals surface area contributed by atoms with Gasteiger partial charge in [-0.05, 0) is 37.5 Å². The summed E-state index contributed by atoms with van der Waals surface area (Å²) >= 11 is 0. The van der Waals surface area contributed by atoms with Gasteiger partial charge in [-0.3, -0.25) is 24.0 Å². The lowest BCUT2D eigenvalue weighted by Gasteiger charge is -2.21. The molecule has 1 aromatic carbocycles. The zero-order valence-corrected chi connectivity index (χ0v) is 20.7. The molecule has 1 aliphatic heterocycles. The Morgan fingerprint density at radius 3 is 2.41 bits per heavy atom. The number of fused-ring (bicyclic) bond motifs is 1. The molecule has 186 valence electrons. The van der Waals surface area contributed by atoms with Crippen LogP contribution in [0.5, 0.6) is 0 Å². The molecule has 2 aromatic rings. The predicted molar refractivity (Wildman–Crippen MR) is 133 cm³/mol. The number of benzene rings is 1. The summed E-state index contributed by atoms with van der Waals surface area (Å²) in [4.78, 5) is 46.7. The third kappa shape index (κ3) is 7.70. The van der Waals surface area contributed by atoms with E-state index < -0.39 is 11.9 Å². The van der Waals surface area contributed by atoms with E-state index in [2.05, 4.69) is 17.2 Å². The van der Waals surface area contributed by atoms with Crippen LogP contribution in [-0.2, 0) is 21.4 Å². The monoisotopic (exact) mass is 471 g/mol. The van der Waals surface area contributed by atoms with Gasteiger partial charge in [-0.25, -0.2) is 4.79 Å². The molecule has 0 saturated carbocycles. The lowest BCUT2D eigenvalue weighted by Crippen LogP contribution is -2.44. The highest BCUT2D eigenvalue weighted by Gasteiger charge is 2.31. The first-order valence-electron chi connectivity index (χ1n) is 11.9. The van der Waals surface area contributed by atoms with Crippen molar-refractivity contribution in [3.05, 3.63) is 34.2 Å². The fraction of sp³-hybridized carbons (Fsp3) is 0.538. The molecule has 8 heteroatoms. The Kier molecular flexibility index (Phi) is 13.3. The van der Waals surface area contributed by atoms with Gasteiger partial charge in [-0.2, -0.15) is 0 Å². The number of nitrogens with one attached hydrogen (secondary N) is 1. The smallest absolute Gasteiger partial charge is 0.329 e. The van der Waals surface area contributed by atoms with Crippen LogP contribution in [0.2, 0.25) is 0 Å². The Bertz CT molecular complexity index is 1070. The predicted octanol–water partition coefficient (Wildman–Crippen LogP) is 3.23. The van der Waals surface area contributed by atoms with E-state index in [1.54, 1.807) is 7.05 Å². The summed E-state index contributed by atoms with van der Waals surface area (Å²) in [5.41, 5.74) is 1.92. The van der Waals surface area contributed by atoms with Crippen molar-refractivity contribution in [3.8, 4) is 11.8 Å². The molecule has 0 radical (unpaired) electrons. The van der Waals surface area contributed by atoms with Crippen molar-refractivity contribution < 1.29 is 19.5 Å². The first-order chi connectivity index (χ1) is 16.5. The second kappa shape index (κ2) is 15.6. The average Bonchev–Trinajstić information content (AvgIpc) is 3.10. The minimum atomic E-state index is -0.678. The van der Waals surface area contributed by atoms with E-state index in [4.69, 9.17) is 5.11 Å². The number of amides is 2. The van der Waals surface area contributed by atoms with Crippen molar-refractivity contribution in [1.29, 1.82) is 0 Å². The number of carbonyl (C=O) groups excluding carboxylic acids is 3. The molecule has 8 nitrogen and oxygen atoms in total. The first kappa shape index (κ1) is 28.9. The van der Waals surface area contributed by atoms with E-state index in [-0.39, 0.29) is 18.0 Å². The Balaban J connectivity index is 0.00000137. The van der Waals surface area contributed by atoms with Crippen molar-refractivity contribution >= 4 is 29.1 Å². The van der Waals surface area contributed by atoms with Crippen molar-refractivity contribution in [2.75, 3.05) is 7.11 Å². The van der Waals surface area contributed by atoms with Crippen LogP contribution in [0.1, 0.15) is 83.2 Å². The highest BCUT2D eigenvalue weighted by Crippen LogP contribution is 2.23. The molecule has 0 spiro atoms. The summed E-state index contributed by atoms with van der Waals surface area (Å²) in [5, 5.41) is 9.31. The zero-order valence-electron chi connectivity index (χ0n) is 20.7. The summed E-state index contributed by atoms with van der Waals surface area (Å²) < 4.78 is 2.99. The fourth-order valence-electron chi connectivity index (χ4n) is 3.81. The van der Waals surface area contributed by atoms with Gasteiger partial charge in [-0.1, -0.05) is 45.0 Å². The van der Waals surface area contributed by atoms with Crippen molar-refractivity contribution in [1.82, 2.24) is 14.5 Å². The highest BCUT2D eigenvalue weighted by molar-refractivity contribution is 6.00. The largest absolute Gasteiger partial charge is 0.400 e. The Hall–Kier alpha value is -3.18. The summed E-state index contributed by atoms with van der Waals surface area (Å²) in [6.07, 6.45) is 8.27. The van der Waals surface area contributed by atoms with Crippen LogP contribution >= 0.6 is 0 Å². The van der Waals surface area contributed by atoms with Crippen LogP contribution in [0, 0.1) is 11.8 Å². The molecule has 0 bridgehead atoms. The number of aliphatic hydroxyl groups excluding tert-OH is 1. The van der Waals surface area contributed by atoms with E-state index in [0.29, 0.717) is 23.9 Å². The van der Waals surface area contributed by atoms with Crippen LogP contribution < -0.4 is 11.0 Å². The van der Waals surface area contributed by atoms with Crippen molar-refractivity contribution in [2.24, 2.45) is 7.05 Å².